The van der Waals surface area contributed by atoms with Crippen LogP contribution in [0.4, 0.5) is 20.6 Å². The van der Waals surface area contributed by atoms with Crippen molar-refractivity contribution in [2.24, 2.45) is 0 Å². The topological polar surface area (TPSA) is 91.4 Å². The molecular formula is C25H31FN4O5. The van der Waals surface area contributed by atoms with Gasteiger partial charge in [-0.25, -0.2) is 9.18 Å². The molecule has 2 amide bonds. The van der Waals surface area contributed by atoms with Crippen molar-refractivity contribution in [3.63, 3.8) is 0 Å². The number of nitrogens with one attached hydrogen (secondary N) is 1. The summed E-state index contributed by atoms with van der Waals surface area (Å²) in [7, 11) is 1.50. The number of benzene rings is 2. The van der Waals surface area contributed by atoms with Crippen LogP contribution >= 0.6 is 0 Å². The number of anilines is 2. The van der Waals surface area contributed by atoms with Gasteiger partial charge in [-0.3, -0.25) is 14.5 Å². The predicted molar refractivity (Wildman–Crippen MR) is 130 cm³/mol. The molecule has 1 heterocycles. The fourth-order valence-corrected chi connectivity index (χ4v) is 3.81. The van der Waals surface area contributed by atoms with Crippen LogP contribution in [0.2, 0.25) is 0 Å². The number of ketones is 1. The van der Waals surface area contributed by atoms with Crippen LogP contribution in [-0.2, 0) is 14.4 Å². The predicted octanol–water partition coefficient (Wildman–Crippen LogP) is 2.86. The van der Waals surface area contributed by atoms with E-state index in [1.807, 2.05) is 17.9 Å². The van der Waals surface area contributed by atoms with Crippen LogP contribution in [0.25, 0.3) is 0 Å². The van der Waals surface area contributed by atoms with E-state index < -0.39 is 18.0 Å². The molecule has 2 aromatic carbocycles. The third kappa shape index (κ3) is 7.00. The Kier molecular flexibility index (Phi) is 9.16. The van der Waals surface area contributed by atoms with Crippen molar-refractivity contribution in [2.75, 3.05) is 56.2 Å². The van der Waals surface area contributed by atoms with E-state index in [1.165, 1.54) is 25.0 Å². The Bertz CT molecular complexity index is 1040. The zero-order valence-electron chi connectivity index (χ0n) is 20.2. The third-order valence-corrected chi connectivity index (χ3v) is 5.71. The van der Waals surface area contributed by atoms with Gasteiger partial charge in [0, 0.05) is 32.1 Å². The zero-order valence-corrected chi connectivity index (χ0v) is 20.2. The maximum atomic E-state index is 15.1. The number of rotatable bonds is 12. The Hall–Kier alpha value is -3.50. The third-order valence-electron chi connectivity index (χ3n) is 5.71. The number of cyclic esters (lactones) is 1. The first kappa shape index (κ1) is 26.1. The first-order valence-corrected chi connectivity index (χ1v) is 11.5. The molecule has 1 aliphatic heterocycles. The van der Waals surface area contributed by atoms with Crippen molar-refractivity contribution >= 4 is 29.2 Å². The van der Waals surface area contributed by atoms with Gasteiger partial charge < -0.3 is 19.8 Å². The molecule has 3 rings (SSSR count). The number of carbonyl (C=O) groups is 3. The van der Waals surface area contributed by atoms with E-state index >= 15 is 4.39 Å². The minimum absolute atomic E-state index is 0.0691. The molecule has 0 spiro atoms. The minimum Gasteiger partial charge on any atom is -0.442 e. The average molecular weight is 487 g/mol. The quantitative estimate of drug-likeness (QED) is 0.364. The van der Waals surface area contributed by atoms with Crippen LogP contribution in [-0.4, -0.2) is 75.3 Å². The van der Waals surface area contributed by atoms with Crippen molar-refractivity contribution in [3.8, 4) is 0 Å². The summed E-state index contributed by atoms with van der Waals surface area (Å²) in [6.45, 7) is 5.12. The smallest absolute Gasteiger partial charge is 0.414 e. The van der Waals surface area contributed by atoms with Gasteiger partial charge in [-0.05, 0) is 25.1 Å². The van der Waals surface area contributed by atoms with Crippen LogP contribution in [0.1, 0.15) is 24.2 Å². The fourth-order valence-electron chi connectivity index (χ4n) is 3.81. The van der Waals surface area contributed by atoms with Gasteiger partial charge in [0.25, 0.3) is 0 Å². The summed E-state index contributed by atoms with van der Waals surface area (Å²) in [5, 5.41) is 4.15. The summed E-state index contributed by atoms with van der Waals surface area (Å²) in [6.07, 6.45) is -1.08. The highest BCUT2D eigenvalue weighted by Gasteiger charge is 2.33. The molecular weight excluding hydrogens is 455 g/mol. The van der Waals surface area contributed by atoms with E-state index in [2.05, 4.69) is 5.32 Å². The second kappa shape index (κ2) is 12.3. The molecule has 0 aromatic heterocycles. The van der Waals surface area contributed by atoms with Crippen molar-refractivity contribution in [1.82, 2.24) is 10.4 Å². The Morgan fingerprint density at radius 2 is 1.94 bits per heavy atom. The van der Waals surface area contributed by atoms with E-state index in [-0.39, 0.29) is 31.3 Å². The van der Waals surface area contributed by atoms with Gasteiger partial charge in [0.15, 0.2) is 5.78 Å². The number of likely N-dealkylation sites (N-methyl/N-ethyl adjacent to an activating group) is 1. The molecule has 2 aromatic rings. The van der Waals surface area contributed by atoms with Crippen molar-refractivity contribution < 1.29 is 28.3 Å². The first-order chi connectivity index (χ1) is 16.8. The fraction of sp³-hybridized carbons (Fsp3) is 0.400. The Morgan fingerprint density at radius 3 is 2.57 bits per heavy atom. The lowest BCUT2D eigenvalue weighted by molar-refractivity contribution is -0.120. The molecule has 1 N–H and O–H groups in total. The molecule has 10 heteroatoms. The zero-order chi connectivity index (χ0) is 25.4. The lowest BCUT2D eigenvalue weighted by Gasteiger charge is -2.27. The van der Waals surface area contributed by atoms with E-state index in [9.17, 15) is 14.4 Å². The number of hydrogen-bond acceptors (Lipinski definition) is 7. The number of Topliss-reactive ketones (excluding diaryl/α,β-unsaturated/α-hetero) is 1. The van der Waals surface area contributed by atoms with E-state index in [0.29, 0.717) is 36.6 Å². The number of hydroxylamine groups is 2. The second-order valence-corrected chi connectivity index (χ2v) is 8.10. The van der Waals surface area contributed by atoms with Crippen molar-refractivity contribution in [3.05, 3.63) is 59.9 Å². The second-order valence-electron chi connectivity index (χ2n) is 8.10. The summed E-state index contributed by atoms with van der Waals surface area (Å²) >= 11 is 0. The van der Waals surface area contributed by atoms with Gasteiger partial charge >= 0.3 is 6.09 Å². The van der Waals surface area contributed by atoms with Crippen LogP contribution in [0.3, 0.4) is 0 Å². The molecule has 0 radical (unpaired) electrons. The first-order valence-electron chi connectivity index (χ1n) is 11.5. The lowest BCUT2D eigenvalue weighted by atomic mass is 10.1. The molecule has 0 saturated carbocycles. The van der Waals surface area contributed by atoms with Crippen molar-refractivity contribution in [2.45, 2.75) is 20.0 Å². The van der Waals surface area contributed by atoms with Gasteiger partial charge in [0.1, 0.15) is 11.9 Å². The summed E-state index contributed by atoms with van der Waals surface area (Å²) in [5.74, 6) is -0.766. The molecule has 0 unspecified atom stereocenters. The number of hydrogen-bond donors (Lipinski definition) is 1. The summed E-state index contributed by atoms with van der Waals surface area (Å²) in [4.78, 5) is 44.3. The highest BCUT2D eigenvalue weighted by atomic mass is 19.1. The van der Waals surface area contributed by atoms with E-state index in [4.69, 9.17) is 9.57 Å². The van der Waals surface area contributed by atoms with Crippen LogP contribution in [0.5, 0.6) is 0 Å². The Balaban J connectivity index is 1.61. The molecule has 9 nitrogen and oxygen atoms in total. The maximum absolute atomic E-state index is 15.1. The van der Waals surface area contributed by atoms with Gasteiger partial charge in [-0.15, -0.1) is 0 Å². The van der Waals surface area contributed by atoms with Gasteiger partial charge in [-0.2, -0.15) is 5.06 Å². The Labute approximate surface area is 204 Å². The van der Waals surface area contributed by atoms with Gasteiger partial charge in [0.2, 0.25) is 5.91 Å². The summed E-state index contributed by atoms with van der Waals surface area (Å²) in [6, 6.07) is 13.5. The maximum Gasteiger partial charge on any atom is 0.414 e. The summed E-state index contributed by atoms with van der Waals surface area (Å²) in [5.41, 5.74) is 1.36. The Morgan fingerprint density at radius 1 is 1.20 bits per heavy atom. The van der Waals surface area contributed by atoms with E-state index in [1.54, 1.807) is 41.5 Å². The van der Waals surface area contributed by atoms with Crippen LogP contribution in [0.15, 0.2) is 48.5 Å². The average Bonchev–Trinajstić information content (AvgIpc) is 3.23. The SMILES string of the molecule is CCN(CCN(CC(=O)c1ccccc1)OC)c1ccc(N2C[C@H](CNC(C)=O)OC2=O)cc1F. The number of halogens is 1. The standard InChI is InChI=1S/C25H31FN4O5/c1-4-28(12-13-29(34-3)17-24(32)19-8-6-5-7-9-19)23-11-10-20(14-22(23)26)30-16-21(35-25(30)33)15-27-18(2)31/h5-11,14,21H,4,12-13,15-17H2,1-3H3,(H,27,31)/t21-/m0/s1. The molecule has 188 valence electrons. The number of ether oxygens (including phenoxy) is 1. The molecule has 1 aliphatic rings. The van der Waals surface area contributed by atoms with Crippen LogP contribution < -0.4 is 15.1 Å². The number of amides is 2. The molecule has 0 aliphatic carbocycles. The highest BCUT2D eigenvalue weighted by molar-refractivity contribution is 5.97. The van der Waals surface area contributed by atoms with Gasteiger partial charge in [-0.1, -0.05) is 30.3 Å². The van der Waals surface area contributed by atoms with E-state index in [0.717, 1.165) is 0 Å². The minimum atomic E-state index is -0.585. The monoisotopic (exact) mass is 486 g/mol. The molecule has 1 fully saturated rings. The largest absolute Gasteiger partial charge is 0.442 e. The number of nitrogens with zero attached hydrogens (tertiary/aromatic N) is 3. The lowest BCUT2D eigenvalue weighted by Crippen LogP contribution is -2.37. The van der Waals surface area contributed by atoms with Crippen molar-refractivity contribution in [1.29, 1.82) is 0 Å². The van der Waals surface area contributed by atoms with Gasteiger partial charge in [0.05, 0.1) is 38.1 Å². The molecule has 1 atom stereocenters. The molecule has 35 heavy (non-hydrogen) atoms. The number of carbonyl (C=O) groups excluding carboxylic acids is 3. The van der Waals surface area contributed by atoms with Crippen LogP contribution in [0, 0.1) is 5.82 Å². The molecule has 1 saturated heterocycles. The summed E-state index contributed by atoms with van der Waals surface area (Å²) < 4.78 is 20.3. The normalized spacial score (nSPS) is 15.3. The molecule has 0 bridgehead atoms. The highest BCUT2D eigenvalue weighted by Crippen LogP contribution is 2.28.